The van der Waals surface area contributed by atoms with E-state index in [-0.39, 0.29) is 5.75 Å². The van der Waals surface area contributed by atoms with E-state index in [1.807, 2.05) is 24.3 Å². The van der Waals surface area contributed by atoms with Crippen LogP contribution >= 0.6 is 11.3 Å². The molecule has 108 valence electrons. The smallest absolute Gasteiger partial charge is 0.346 e. The van der Waals surface area contributed by atoms with Crippen molar-refractivity contribution in [3.05, 3.63) is 58.4 Å². The van der Waals surface area contributed by atoms with Gasteiger partial charge in [-0.15, -0.1) is 11.3 Å². The zero-order valence-electron chi connectivity index (χ0n) is 11.7. The van der Waals surface area contributed by atoms with Crippen molar-refractivity contribution >= 4 is 32.5 Å². The molecule has 0 aliphatic heterocycles. The molecule has 0 saturated heterocycles. The SMILES string of the molecule is Cc1c(O)ccc2cc(-c3nc4ccccc4s3)c(=O)oc12. The van der Waals surface area contributed by atoms with Gasteiger partial charge in [-0.1, -0.05) is 12.1 Å². The normalized spacial score (nSPS) is 11.3. The van der Waals surface area contributed by atoms with E-state index in [9.17, 15) is 9.90 Å². The molecule has 4 aromatic rings. The third kappa shape index (κ3) is 1.90. The molecular formula is C17H11NO3S. The van der Waals surface area contributed by atoms with Crippen LogP contribution in [-0.4, -0.2) is 10.1 Å². The average molecular weight is 309 g/mol. The summed E-state index contributed by atoms with van der Waals surface area (Å²) in [4.78, 5) is 16.8. The highest BCUT2D eigenvalue weighted by Crippen LogP contribution is 2.31. The standard InChI is InChI=1S/C17H11NO3S/c1-9-13(19)7-6-10-8-11(17(20)21-15(9)10)16-18-12-4-2-3-5-14(12)22-16/h2-8,19H,1H3. The van der Waals surface area contributed by atoms with Gasteiger partial charge >= 0.3 is 5.63 Å². The van der Waals surface area contributed by atoms with E-state index < -0.39 is 5.63 Å². The van der Waals surface area contributed by atoms with E-state index in [4.69, 9.17) is 4.42 Å². The summed E-state index contributed by atoms with van der Waals surface area (Å²) in [5.74, 6) is 0.114. The van der Waals surface area contributed by atoms with E-state index in [2.05, 4.69) is 4.98 Å². The summed E-state index contributed by atoms with van der Waals surface area (Å²) in [6.45, 7) is 1.72. The summed E-state index contributed by atoms with van der Waals surface area (Å²) >= 11 is 1.46. The first-order valence-corrected chi connectivity index (χ1v) is 7.57. The second-order valence-electron chi connectivity index (χ2n) is 5.06. The van der Waals surface area contributed by atoms with Gasteiger partial charge in [-0.25, -0.2) is 9.78 Å². The van der Waals surface area contributed by atoms with Gasteiger partial charge in [0.05, 0.1) is 15.8 Å². The molecule has 0 radical (unpaired) electrons. The lowest BCUT2D eigenvalue weighted by molar-refractivity contribution is 0.468. The number of phenols is 1. The number of nitrogens with zero attached hydrogens (tertiary/aromatic N) is 1. The maximum Gasteiger partial charge on any atom is 0.346 e. The minimum Gasteiger partial charge on any atom is -0.508 e. The molecule has 0 aliphatic carbocycles. The van der Waals surface area contributed by atoms with E-state index >= 15 is 0 Å². The zero-order valence-corrected chi connectivity index (χ0v) is 12.5. The predicted molar refractivity (Wildman–Crippen MR) is 87.5 cm³/mol. The first-order valence-electron chi connectivity index (χ1n) is 6.76. The number of aromatic nitrogens is 1. The molecule has 4 rings (SSSR count). The maximum atomic E-state index is 12.3. The lowest BCUT2D eigenvalue weighted by atomic mass is 10.1. The molecule has 0 spiro atoms. The van der Waals surface area contributed by atoms with Crippen LogP contribution in [-0.2, 0) is 0 Å². The van der Waals surface area contributed by atoms with Crippen LogP contribution in [0, 0.1) is 6.92 Å². The van der Waals surface area contributed by atoms with E-state index in [1.54, 1.807) is 25.1 Å². The van der Waals surface area contributed by atoms with Crippen LogP contribution in [0.4, 0.5) is 0 Å². The third-order valence-corrected chi connectivity index (χ3v) is 4.72. The van der Waals surface area contributed by atoms with Gasteiger partial charge in [0.2, 0.25) is 0 Å². The summed E-state index contributed by atoms with van der Waals surface area (Å²) in [6.07, 6.45) is 0. The third-order valence-electron chi connectivity index (χ3n) is 3.65. The van der Waals surface area contributed by atoms with Crippen LogP contribution < -0.4 is 5.63 Å². The number of aromatic hydroxyl groups is 1. The van der Waals surface area contributed by atoms with Crippen LogP contribution in [0.5, 0.6) is 5.75 Å². The minimum atomic E-state index is -0.444. The number of phenolic OH excluding ortho intramolecular Hbond substituents is 1. The number of aryl methyl sites for hydroxylation is 1. The molecule has 0 bridgehead atoms. The fraction of sp³-hybridized carbons (Fsp3) is 0.0588. The summed E-state index contributed by atoms with van der Waals surface area (Å²) in [7, 11) is 0. The lowest BCUT2D eigenvalue weighted by Crippen LogP contribution is -2.03. The average Bonchev–Trinajstić information content (AvgIpc) is 2.95. The molecule has 2 aromatic carbocycles. The number of fused-ring (bicyclic) bond motifs is 2. The van der Waals surface area contributed by atoms with Crippen LogP contribution in [0.1, 0.15) is 5.56 Å². The van der Waals surface area contributed by atoms with Crippen molar-refractivity contribution < 1.29 is 9.52 Å². The van der Waals surface area contributed by atoms with E-state index in [1.165, 1.54) is 11.3 Å². The molecule has 0 aliphatic rings. The van der Waals surface area contributed by atoms with Crippen LogP contribution in [0.2, 0.25) is 0 Å². The van der Waals surface area contributed by atoms with Gasteiger partial charge in [0.25, 0.3) is 0 Å². The first kappa shape index (κ1) is 13.0. The van der Waals surface area contributed by atoms with Gasteiger partial charge in [0.1, 0.15) is 16.3 Å². The highest BCUT2D eigenvalue weighted by Gasteiger charge is 2.14. The van der Waals surface area contributed by atoms with E-state index in [0.717, 1.165) is 15.6 Å². The Balaban J connectivity index is 2.00. The Bertz CT molecular complexity index is 1050. The fourth-order valence-corrected chi connectivity index (χ4v) is 3.42. The Hall–Kier alpha value is -2.66. The predicted octanol–water partition coefficient (Wildman–Crippen LogP) is 4.08. The summed E-state index contributed by atoms with van der Waals surface area (Å²) in [5.41, 5.74) is 1.84. The van der Waals surface area contributed by atoms with Crippen molar-refractivity contribution in [1.29, 1.82) is 0 Å². The highest BCUT2D eigenvalue weighted by molar-refractivity contribution is 7.21. The Labute approximate surface area is 129 Å². The molecule has 2 heterocycles. The topological polar surface area (TPSA) is 63.3 Å². The Morgan fingerprint density at radius 2 is 2.00 bits per heavy atom. The zero-order chi connectivity index (χ0) is 15.3. The van der Waals surface area contributed by atoms with Gasteiger partial charge < -0.3 is 9.52 Å². The van der Waals surface area contributed by atoms with Crippen molar-refractivity contribution in [2.75, 3.05) is 0 Å². The summed E-state index contributed by atoms with van der Waals surface area (Å²) < 4.78 is 6.43. The van der Waals surface area contributed by atoms with Gasteiger partial charge in [0, 0.05) is 10.9 Å². The molecule has 0 amide bonds. The van der Waals surface area contributed by atoms with Crippen molar-refractivity contribution in [1.82, 2.24) is 4.98 Å². The summed E-state index contributed by atoms with van der Waals surface area (Å²) in [6, 6.07) is 12.9. The fourth-order valence-electron chi connectivity index (χ4n) is 2.45. The quantitative estimate of drug-likeness (QED) is 0.538. The van der Waals surface area contributed by atoms with Crippen molar-refractivity contribution in [3.8, 4) is 16.3 Å². The number of hydrogen-bond acceptors (Lipinski definition) is 5. The number of thiazole rings is 1. The first-order chi connectivity index (χ1) is 10.6. The molecule has 4 nitrogen and oxygen atoms in total. The molecule has 0 unspecified atom stereocenters. The molecular weight excluding hydrogens is 298 g/mol. The molecule has 0 saturated carbocycles. The molecule has 1 N–H and O–H groups in total. The highest BCUT2D eigenvalue weighted by atomic mass is 32.1. The Morgan fingerprint density at radius 1 is 1.18 bits per heavy atom. The van der Waals surface area contributed by atoms with Gasteiger partial charge in [-0.3, -0.25) is 0 Å². The molecule has 0 fully saturated rings. The number of para-hydroxylation sites is 1. The number of benzene rings is 2. The summed E-state index contributed by atoms with van der Waals surface area (Å²) in [5, 5.41) is 11.1. The van der Waals surface area contributed by atoms with Crippen molar-refractivity contribution in [3.63, 3.8) is 0 Å². The second kappa shape index (κ2) is 4.68. The molecule has 22 heavy (non-hydrogen) atoms. The van der Waals surface area contributed by atoms with Crippen LogP contribution in [0.3, 0.4) is 0 Å². The van der Waals surface area contributed by atoms with Crippen LogP contribution in [0.25, 0.3) is 31.8 Å². The van der Waals surface area contributed by atoms with Gasteiger partial charge in [0.15, 0.2) is 0 Å². The minimum absolute atomic E-state index is 0.114. The van der Waals surface area contributed by atoms with Crippen molar-refractivity contribution in [2.24, 2.45) is 0 Å². The van der Waals surface area contributed by atoms with Crippen LogP contribution in [0.15, 0.2) is 51.7 Å². The maximum absolute atomic E-state index is 12.3. The number of rotatable bonds is 1. The van der Waals surface area contributed by atoms with Crippen molar-refractivity contribution in [2.45, 2.75) is 6.92 Å². The lowest BCUT2D eigenvalue weighted by Gasteiger charge is -2.04. The Morgan fingerprint density at radius 3 is 2.82 bits per heavy atom. The second-order valence-corrected chi connectivity index (χ2v) is 6.09. The number of hydrogen-bond donors (Lipinski definition) is 1. The van der Waals surface area contributed by atoms with Gasteiger partial charge in [-0.2, -0.15) is 0 Å². The Kier molecular flexibility index (Phi) is 2.77. The molecule has 5 heteroatoms. The molecule has 0 atom stereocenters. The van der Waals surface area contributed by atoms with E-state index in [0.29, 0.717) is 21.7 Å². The monoisotopic (exact) mass is 309 g/mol. The molecule has 2 aromatic heterocycles. The largest absolute Gasteiger partial charge is 0.508 e. The van der Waals surface area contributed by atoms with Gasteiger partial charge in [-0.05, 0) is 37.3 Å².